The van der Waals surface area contributed by atoms with E-state index in [1.165, 1.54) is 6.20 Å². The molecule has 1 fully saturated rings. The van der Waals surface area contributed by atoms with Gasteiger partial charge in [-0.15, -0.1) is 0 Å². The number of carbonyl (C=O) groups excluding carboxylic acids is 1. The Morgan fingerprint density at radius 1 is 1.40 bits per heavy atom. The summed E-state index contributed by atoms with van der Waals surface area (Å²) in [7, 11) is 4.10. The SMILES string of the molecule is CN(C)CCn1ccnc1C1CCCN(C(=O)c2c[nH]c(=O)cn2)C1. The molecule has 25 heavy (non-hydrogen) atoms. The second-order valence-electron chi connectivity index (χ2n) is 6.67. The van der Waals surface area contributed by atoms with Crippen LogP contribution in [0.5, 0.6) is 0 Å². The van der Waals surface area contributed by atoms with Gasteiger partial charge < -0.3 is 19.4 Å². The molecule has 1 aliphatic heterocycles. The van der Waals surface area contributed by atoms with Crippen LogP contribution >= 0.6 is 0 Å². The average Bonchev–Trinajstić information content (AvgIpc) is 3.09. The number of imidazole rings is 1. The molecule has 1 aliphatic rings. The molecule has 3 rings (SSSR count). The van der Waals surface area contributed by atoms with Crippen molar-refractivity contribution in [1.82, 2.24) is 29.3 Å². The van der Waals surface area contributed by atoms with Gasteiger partial charge in [-0.05, 0) is 26.9 Å². The molecule has 8 heteroatoms. The number of nitrogens with one attached hydrogen (secondary N) is 1. The van der Waals surface area contributed by atoms with Gasteiger partial charge in [0, 0.05) is 50.7 Å². The Balaban J connectivity index is 1.71. The monoisotopic (exact) mass is 344 g/mol. The van der Waals surface area contributed by atoms with Crippen LogP contribution < -0.4 is 5.56 Å². The van der Waals surface area contributed by atoms with Crippen LogP contribution in [-0.4, -0.2) is 69.0 Å². The zero-order valence-corrected chi connectivity index (χ0v) is 14.7. The van der Waals surface area contributed by atoms with Crippen molar-refractivity contribution in [2.24, 2.45) is 0 Å². The second-order valence-corrected chi connectivity index (χ2v) is 6.67. The Kier molecular flexibility index (Phi) is 5.28. The Bertz CT molecular complexity index is 761. The molecule has 134 valence electrons. The summed E-state index contributed by atoms with van der Waals surface area (Å²) >= 11 is 0. The quantitative estimate of drug-likeness (QED) is 0.856. The standard InChI is InChI=1S/C17H24N6O2/c1-21(2)8-9-22-7-5-18-16(22)13-4-3-6-23(12-13)17(25)14-10-20-15(24)11-19-14/h5,7,10-11,13H,3-4,6,8-9,12H2,1-2H3,(H,20,24). The van der Waals surface area contributed by atoms with Crippen LogP contribution in [0.2, 0.25) is 0 Å². The van der Waals surface area contributed by atoms with E-state index in [1.54, 1.807) is 4.90 Å². The molecule has 2 aromatic heterocycles. The van der Waals surface area contributed by atoms with Gasteiger partial charge in [0.05, 0.1) is 6.20 Å². The first-order valence-electron chi connectivity index (χ1n) is 8.54. The number of carbonyl (C=O) groups is 1. The molecule has 0 aliphatic carbocycles. The molecule has 3 heterocycles. The van der Waals surface area contributed by atoms with Crippen LogP contribution in [0.1, 0.15) is 35.1 Å². The normalized spacial score (nSPS) is 17.9. The van der Waals surface area contributed by atoms with Gasteiger partial charge in [0.25, 0.3) is 11.5 Å². The van der Waals surface area contributed by atoms with Gasteiger partial charge in [-0.2, -0.15) is 0 Å². The predicted molar refractivity (Wildman–Crippen MR) is 93.5 cm³/mol. The second kappa shape index (κ2) is 7.60. The van der Waals surface area contributed by atoms with Crippen molar-refractivity contribution in [3.05, 3.63) is 46.7 Å². The van der Waals surface area contributed by atoms with Gasteiger partial charge >= 0.3 is 0 Å². The van der Waals surface area contributed by atoms with Crippen molar-refractivity contribution in [3.63, 3.8) is 0 Å². The van der Waals surface area contributed by atoms with Crippen molar-refractivity contribution in [2.45, 2.75) is 25.3 Å². The van der Waals surface area contributed by atoms with E-state index in [0.717, 1.165) is 38.0 Å². The van der Waals surface area contributed by atoms with Crippen LogP contribution in [0.25, 0.3) is 0 Å². The molecule has 1 N–H and O–H groups in total. The lowest BCUT2D eigenvalue weighted by atomic mass is 9.97. The topological polar surface area (TPSA) is 87.1 Å². The van der Waals surface area contributed by atoms with Crippen LogP contribution in [0.4, 0.5) is 0 Å². The minimum absolute atomic E-state index is 0.146. The summed E-state index contributed by atoms with van der Waals surface area (Å²) in [5, 5.41) is 0. The Labute approximate surface area is 146 Å². The molecule has 1 amide bonds. The summed E-state index contributed by atoms with van der Waals surface area (Å²) in [6, 6.07) is 0. The van der Waals surface area contributed by atoms with Crippen LogP contribution in [-0.2, 0) is 6.54 Å². The maximum Gasteiger partial charge on any atom is 0.273 e. The molecule has 1 saturated heterocycles. The van der Waals surface area contributed by atoms with E-state index in [1.807, 2.05) is 12.4 Å². The molecule has 0 bridgehead atoms. The summed E-state index contributed by atoms with van der Waals surface area (Å²) in [5.74, 6) is 1.11. The van der Waals surface area contributed by atoms with Crippen LogP contribution in [0, 0.1) is 0 Å². The fourth-order valence-corrected chi connectivity index (χ4v) is 3.17. The van der Waals surface area contributed by atoms with E-state index in [4.69, 9.17) is 0 Å². The summed E-state index contributed by atoms with van der Waals surface area (Å²) in [5.41, 5.74) is -0.0350. The van der Waals surface area contributed by atoms with Gasteiger partial charge in [-0.3, -0.25) is 9.59 Å². The van der Waals surface area contributed by atoms with Crippen LogP contribution in [0.3, 0.4) is 0 Å². The number of likely N-dealkylation sites (N-methyl/N-ethyl adjacent to an activating group) is 1. The lowest BCUT2D eigenvalue weighted by Gasteiger charge is -2.32. The number of likely N-dealkylation sites (tertiary alicyclic amines) is 1. The lowest BCUT2D eigenvalue weighted by Crippen LogP contribution is -2.40. The number of aromatic nitrogens is 4. The number of hydrogen-bond donors (Lipinski definition) is 1. The zero-order chi connectivity index (χ0) is 17.8. The molecule has 0 spiro atoms. The highest BCUT2D eigenvalue weighted by Gasteiger charge is 2.28. The third-order valence-corrected chi connectivity index (χ3v) is 4.50. The first-order chi connectivity index (χ1) is 12.0. The van der Waals surface area contributed by atoms with Crippen molar-refractivity contribution in [2.75, 3.05) is 33.7 Å². The van der Waals surface area contributed by atoms with Gasteiger partial charge in [0.15, 0.2) is 0 Å². The molecule has 2 aromatic rings. The van der Waals surface area contributed by atoms with Crippen molar-refractivity contribution < 1.29 is 4.79 Å². The lowest BCUT2D eigenvalue weighted by molar-refractivity contribution is 0.0696. The largest absolute Gasteiger partial charge is 0.337 e. The van der Waals surface area contributed by atoms with E-state index < -0.39 is 0 Å². The maximum absolute atomic E-state index is 12.6. The number of hydrogen-bond acceptors (Lipinski definition) is 5. The molecule has 1 unspecified atom stereocenters. The fourth-order valence-electron chi connectivity index (χ4n) is 3.17. The van der Waals surface area contributed by atoms with E-state index in [0.29, 0.717) is 13.1 Å². The summed E-state index contributed by atoms with van der Waals surface area (Å²) in [6.07, 6.45) is 8.30. The van der Waals surface area contributed by atoms with Crippen LogP contribution in [0.15, 0.2) is 29.6 Å². The number of amides is 1. The molecule has 8 nitrogen and oxygen atoms in total. The number of piperidine rings is 1. The summed E-state index contributed by atoms with van der Waals surface area (Å²) < 4.78 is 2.18. The zero-order valence-electron chi connectivity index (χ0n) is 14.7. The number of nitrogens with zero attached hydrogens (tertiary/aromatic N) is 5. The van der Waals surface area contributed by atoms with E-state index in [9.17, 15) is 9.59 Å². The van der Waals surface area contributed by atoms with Gasteiger partial charge in [-0.25, -0.2) is 9.97 Å². The van der Waals surface area contributed by atoms with Crippen molar-refractivity contribution in [1.29, 1.82) is 0 Å². The van der Waals surface area contributed by atoms with Crippen molar-refractivity contribution >= 4 is 5.91 Å². The van der Waals surface area contributed by atoms with Gasteiger partial charge in [0.2, 0.25) is 0 Å². The summed E-state index contributed by atoms with van der Waals surface area (Å²) in [4.78, 5) is 38.7. The first-order valence-corrected chi connectivity index (χ1v) is 8.54. The predicted octanol–water partition coefficient (Wildman–Crippen LogP) is 0.548. The third kappa shape index (κ3) is 4.14. The highest BCUT2D eigenvalue weighted by atomic mass is 16.2. The summed E-state index contributed by atoms with van der Waals surface area (Å²) in [6.45, 7) is 3.15. The average molecular weight is 344 g/mol. The molecule has 0 saturated carbocycles. The van der Waals surface area contributed by atoms with E-state index >= 15 is 0 Å². The number of aromatic amines is 1. The Morgan fingerprint density at radius 2 is 2.24 bits per heavy atom. The fraction of sp³-hybridized carbons (Fsp3) is 0.529. The smallest absolute Gasteiger partial charge is 0.273 e. The number of rotatable bonds is 5. The van der Waals surface area contributed by atoms with E-state index in [2.05, 4.69) is 38.5 Å². The highest BCUT2D eigenvalue weighted by molar-refractivity contribution is 5.92. The molecule has 0 aromatic carbocycles. The Morgan fingerprint density at radius 3 is 2.96 bits per heavy atom. The molecule has 0 radical (unpaired) electrons. The maximum atomic E-state index is 12.6. The van der Waals surface area contributed by atoms with Gasteiger partial charge in [-0.1, -0.05) is 0 Å². The molecule has 1 atom stereocenters. The van der Waals surface area contributed by atoms with Crippen molar-refractivity contribution in [3.8, 4) is 0 Å². The first kappa shape index (κ1) is 17.3. The number of H-pyrrole nitrogens is 1. The molecular weight excluding hydrogens is 320 g/mol. The van der Waals surface area contributed by atoms with E-state index in [-0.39, 0.29) is 23.1 Å². The Hall–Kier alpha value is -2.48. The highest BCUT2D eigenvalue weighted by Crippen LogP contribution is 2.26. The third-order valence-electron chi connectivity index (χ3n) is 4.50. The minimum Gasteiger partial charge on any atom is -0.337 e. The minimum atomic E-state index is -0.309. The molecular formula is C17H24N6O2. The van der Waals surface area contributed by atoms with Gasteiger partial charge in [0.1, 0.15) is 11.5 Å².